The van der Waals surface area contributed by atoms with Gasteiger partial charge in [0.1, 0.15) is 5.75 Å². The Morgan fingerprint density at radius 3 is 2.62 bits per heavy atom. The Balaban J connectivity index is 2.15. The molecule has 0 aliphatic carbocycles. The molecule has 5 aromatic rings. The lowest BCUT2D eigenvalue weighted by Gasteiger charge is -2.08. The summed E-state index contributed by atoms with van der Waals surface area (Å²) >= 11 is 0. The molecular weight excluding hydrogens is 324 g/mol. The van der Waals surface area contributed by atoms with Gasteiger partial charge in [-0.05, 0) is 41.6 Å². The zero-order chi connectivity index (χ0) is 18.0. The highest BCUT2D eigenvalue weighted by atomic mass is 16.5. The maximum atomic E-state index is 13.4. The molecule has 4 nitrogen and oxygen atoms in total. The molecule has 0 aliphatic heterocycles. The summed E-state index contributed by atoms with van der Waals surface area (Å²) in [6.07, 6.45) is 0.945. The molecule has 5 rings (SSSR count). The van der Waals surface area contributed by atoms with Crippen LogP contribution in [-0.2, 0) is 13.5 Å². The summed E-state index contributed by atoms with van der Waals surface area (Å²) in [4.78, 5) is 13.4. The number of hydrogen-bond acceptors (Lipinski definition) is 2. The Morgan fingerprint density at radius 2 is 1.85 bits per heavy atom. The summed E-state index contributed by atoms with van der Waals surface area (Å²) in [6.45, 7) is 2.15. The number of rotatable bonds is 2. The summed E-state index contributed by atoms with van der Waals surface area (Å²) in [7, 11) is 3.66. The number of pyridine rings is 1. The summed E-state index contributed by atoms with van der Waals surface area (Å²) in [5, 5.41) is 4.10. The number of ether oxygens (including phenoxy) is 1. The molecule has 0 amide bonds. The molecule has 0 spiro atoms. The molecule has 128 valence electrons. The summed E-state index contributed by atoms with van der Waals surface area (Å²) in [5.41, 5.74) is 4.09. The molecule has 0 fully saturated rings. The van der Waals surface area contributed by atoms with Crippen LogP contribution in [0, 0.1) is 0 Å². The minimum absolute atomic E-state index is 0.0187. The van der Waals surface area contributed by atoms with Crippen LogP contribution in [0.5, 0.6) is 5.75 Å². The molecule has 0 N–H and O–H groups in total. The van der Waals surface area contributed by atoms with Crippen molar-refractivity contribution < 1.29 is 9.30 Å². The zero-order valence-corrected chi connectivity index (χ0v) is 15.0. The van der Waals surface area contributed by atoms with Gasteiger partial charge < -0.3 is 4.74 Å². The molecule has 0 saturated heterocycles. The molecule has 0 bridgehead atoms. The summed E-state index contributed by atoms with van der Waals surface area (Å²) < 4.78 is 9.30. The molecule has 2 heterocycles. The minimum atomic E-state index is 0.0187. The number of imidazole rings is 1. The van der Waals surface area contributed by atoms with Gasteiger partial charge in [-0.15, -0.1) is 0 Å². The molecule has 0 radical (unpaired) electrons. The van der Waals surface area contributed by atoms with Crippen LogP contribution in [0.2, 0.25) is 0 Å². The van der Waals surface area contributed by atoms with Gasteiger partial charge in [-0.3, -0.25) is 0 Å². The first kappa shape index (κ1) is 15.1. The molecule has 0 unspecified atom stereocenters. The van der Waals surface area contributed by atoms with E-state index in [1.807, 2.05) is 35.7 Å². The van der Waals surface area contributed by atoms with Crippen molar-refractivity contribution in [3.05, 3.63) is 64.4 Å². The van der Waals surface area contributed by atoms with Gasteiger partial charge >= 0.3 is 5.56 Å². The Hall–Kier alpha value is -3.14. The molecule has 0 saturated carbocycles. The average Bonchev–Trinajstić information content (AvgIpc) is 2.98. The Labute approximate surface area is 150 Å². The van der Waals surface area contributed by atoms with E-state index in [1.165, 1.54) is 10.9 Å². The van der Waals surface area contributed by atoms with E-state index in [2.05, 4.69) is 35.8 Å². The van der Waals surface area contributed by atoms with Crippen LogP contribution >= 0.6 is 0 Å². The van der Waals surface area contributed by atoms with Crippen molar-refractivity contribution >= 4 is 38.2 Å². The molecule has 0 atom stereocenters. The SMILES string of the molecule is CCc1ccc2c(=O)n3c4cc(OC)ccc4[n+](C)c3c3cccc1c23. The maximum absolute atomic E-state index is 13.4. The maximum Gasteiger partial charge on any atom is 0.347 e. The lowest BCUT2D eigenvalue weighted by molar-refractivity contribution is -0.617. The second kappa shape index (κ2) is 5.18. The number of benzene rings is 3. The largest absolute Gasteiger partial charge is 0.497 e. The molecule has 0 aliphatic rings. The highest BCUT2D eigenvalue weighted by molar-refractivity contribution is 6.15. The molecular formula is C22H19N2O2+. The van der Waals surface area contributed by atoms with Crippen LogP contribution < -0.4 is 14.9 Å². The van der Waals surface area contributed by atoms with E-state index < -0.39 is 0 Å². The number of hydrogen-bond donors (Lipinski definition) is 0. The quantitative estimate of drug-likeness (QED) is 0.459. The standard InChI is InChI=1S/C22H19N2O2/c1-4-13-8-10-17-20-15(13)6-5-7-16(20)21-23(2)18-11-9-14(26-3)12-19(18)24(21)22(17)25/h5-12H,4H2,1-3H3/q+1. The Kier molecular flexibility index (Phi) is 3.02. The van der Waals surface area contributed by atoms with Gasteiger partial charge in [-0.1, -0.05) is 25.1 Å². The summed E-state index contributed by atoms with van der Waals surface area (Å²) in [6, 6.07) is 16.2. The van der Waals surface area contributed by atoms with Gasteiger partial charge in [0.05, 0.1) is 24.9 Å². The van der Waals surface area contributed by atoms with Crippen molar-refractivity contribution in [2.45, 2.75) is 13.3 Å². The predicted octanol–water partition coefficient (Wildman–Crippen LogP) is 3.59. The minimum Gasteiger partial charge on any atom is -0.497 e. The summed E-state index contributed by atoms with van der Waals surface area (Å²) in [5.74, 6) is 0.747. The average molecular weight is 343 g/mol. The van der Waals surface area contributed by atoms with Gasteiger partial charge in [0.15, 0.2) is 11.0 Å². The fourth-order valence-corrected chi connectivity index (χ4v) is 4.24. The van der Waals surface area contributed by atoms with E-state index in [0.29, 0.717) is 0 Å². The third kappa shape index (κ3) is 1.74. The number of nitrogens with zero attached hydrogens (tertiary/aromatic N) is 2. The van der Waals surface area contributed by atoms with Crippen molar-refractivity contribution in [3.63, 3.8) is 0 Å². The van der Waals surface area contributed by atoms with Crippen molar-refractivity contribution in [1.29, 1.82) is 0 Å². The Bertz CT molecular complexity index is 1380. The third-order valence-electron chi connectivity index (χ3n) is 5.50. The van der Waals surface area contributed by atoms with Crippen LogP contribution in [0.25, 0.3) is 38.2 Å². The zero-order valence-electron chi connectivity index (χ0n) is 15.0. The van der Waals surface area contributed by atoms with Gasteiger partial charge in [0.25, 0.3) is 5.65 Å². The first-order chi connectivity index (χ1) is 12.7. The van der Waals surface area contributed by atoms with Crippen molar-refractivity contribution in [1.82, 2.24) is 4.40 Å². The van der Waals surface area contributed by atoms with E-state index in [-0.39, 0.29) is 5.56 Å². The fraction of sp³-hybridized carbons (Fsp3) is 0.182. The number of aromatic nitrogens is 2. The third-order valence-corrected chi connectivity index (χ3v) is 5.50. The van der Waals surface area contributed by atoms with Gasteiger partial charge in [0.2, 0.25) is 0 Å². The van der Waals surface area contributed by atoms with E-state index in [1.54, 1.807) is 7.11 Å². The second-order valence-corrected chi connectivity index (χ2v) is 6.73. The number of methoxy groups -OCH3 is 1. The smallest absolute Gasteiger partial charge is 0.347 e. The van der Waals surface area contributed by atoms with Crippen molar-refractivity contribution in [3.8, 4) is 5.75 Å². The highest BCUT2D eigenvalue weighted by Gasteiger charge is 2.25. The Morgan fingerprint density at radius 1 is 1.04 bits per heavy atom. The molecule has 2 aromatic heterocycles. The van der Waals surface area contributed by atoms with E-state index in [4.69, 9.17) is 4.74 Å². The van der Waals surface area contributed by atoms with E-state index in [9.17, 15) is 4.79 Å². The normalized spacial score (nSPS) is 12.0. The van der Waals surface area contributed by atoms with Crippen LogP contribution in [0.15, 0.2) is 53.3 Å². The first-order valence-corrected chi connectivity index (χ1v) is 8.84. The predicted molar refractivity (Wildman–Crippen MR) is 104 cm³/mol. The first-order valence-electron chi connectivity index (χ1n) is 8.84. The van der Waals surface area contributed by atoms with Crippen LogP contribution in [0.4, 0.5) is 0 Å². The molecule has 26 heavy (non-hydrogen) atoms. The van der Waals surface area contributed by atoms with Gasteiger partial charge in [0, 0.05) is 11.5 Å². The topological polar surface area (TPSA) is 34.6 Å². The van der Waals surface area contributed by atoms with Crippen LogP contribution in [0.3, 0.4) is 0 Å². The lowest BCUT2D eigenvalue weighted by Crippen LogP contribution is -2.29. The van der Waals surface area contributed by atoms with Gasteiger partial charge in [-0.2, -0.15) is 4.40 Å². The second-order valence-electron chi connectivity index (χ2n) is 6.73. The monoisotopic (exact) mass is 343 g/mol. The molecule has 3 aromatic carbocycles. The van der Waals surface area contributed by atoms with Crippen LogP contribution in [0.1, 0.15) is 12.5 Å². The van der Waals surface area contributed by atoms with Crippen molar-refractivity contribution in [2.24, 2.45) is 7.05 Å². The fourth-order valence-electron chi connectivity index (χ4n) is 4.24. The van der Waals surface area contributed by atoms with Gasteiger partial charge in [-0.25, -0.2) is 9.36 Å². The molecule has 4 heteroatoms. The van der Waals surface area contributed by atoms with E-state index in [0.717, 1.165) is 45.0 Å². The van der Waals surface area contributed by atoms with Crippen molar-refractivity contribution in [2.75, 3.05) is 7.11 Å². The number of aryl methyl sites for hydroxylation is 2. The number of fused-ring (bicyclic) bond motifs is 4. The van der Waals surface area contributed by atoms with Crippen LogP contribution in [-0.4, -0.2) is 11.5 Å². The highest BCUT2D eigenvalue weighted by Crippen LogP contribution is 2.31. The lowest BCUT2D eigenvalue weighted by atomic mass is 9.97. The van der Waals surface area contributed by atoms with E-state index >= 15 is 0 Å².